The van der Waals surface area contributed by atoms with Gasteiger partial charge in [0.05, 0.1) is 4.86 Å². The molecule has 1 rings (SSSR count). The lowest BCUT2D eigenvalue weighted by molar-refractivity contribution is -0.0565. The number of rotatable bonds is 2. The Labute approximate surface area is 94.5 Å². The summed E-state index contributed by atoms with van der Waals surface area (Å²) in [6.07, 6.45) is -3.06. The lowest BCUT2D eigenvalue weighted by atomic mass is 10.2. The number of amidine groups is 1. The molecule has 0 aromatic heterocycles. The van der Waals surface area contributed by atoms with Crippen molar-refractivity contribution in [1.82, 2.24) is 0 Å². The van der Waals surface area contributed by atoms with Crippen LogP contribution in [0.3, 0.4) is 0 Å². The largest absolute Gasteiger partial charge is 0.434 e. The summed E-state index contributed by atoms with van der Waals surface area (Å²) < 4.78 is 37.3. The lowest BCUT2D eigenvalue weighted by Crippen LogP contribution is -2.38. The van der Waals surface area contributed by atoms with Crippen molar-refractivity contribution < 1.29 is 13.2 Å². The SMILES string of the molecule is C=CCC1=NC(Cl)C(=S)C(C(F)(F)F)=N1. The first-order chi connectivity index (χ1) is 6.86. The Bertz CT molecular complexity index is 359. The molecule has 0 bridgehead atoms. The van der Waals surface area contributed by atoms with E-state index in [4.69, 9.17) is 11.6 Å². The van der Waals surface area contributed by atoms with Gasteiger partial charge in [0.15, 0.2) is 11.2 Å². The predicted octanol–water partition coefficient (Wildman–Crippen LogP) is 2.91. The summed E-state index contributed by atoms with van der Waals surface area (Å²) in [6.45, 7) is 3.38. The number of hydrogen-bond donors (Lipinski definition) is 0. The van der Waals surface area contributed by atoms with Gasteiger partial charge < -0.3 is 0 Å². The van der Waals surface area contributed by atoms with Gasteiger partial charge >= 0.3 is 6.18 Å². The highest BCUT2D eigenvalue weighted by molar-refractivity contribution is 7.82. The minimum Gasteiger partial charge on any atom is -0.245 e. The van der Waals surface area contributed by atoms with Gasteiger partial charge in [-0.05, 0) is 0 Å². The Hall–Kier alpha value is -0.750. The van der Waals surface area contributed by atoms with E-state index in [1.54, 1.807) is 0 Å². The van der Waals surface area contributed by atoms with Crippen molar-refractivity contribution in [3.05, 3.63) is 12.7 Å². The van der Waals surface area contributed by atoms with E-state index in [9.17, 15) is 13.2 Å². The van der Waals surface area contributed by atoms with Crippen LogP contribution in [-0.4, -0.2) is 28.1 Å². The van der Waals surface area contributed by atoms with Crippen molar-refractivity contribution in [2.45, 2.75) is 18.1 Å². The molecule has 0 aliphatic carbocycles. The van der Waals surface area contributed by atoms with Gasteiger partial charge in [-0.2, -0.15) is 13.2 Å². The van der Waals surface area contributed by atoms with E-state index < -0.39 is 22.3 Å². The summed E-state index contributed by atoms with van der Waals surface area (Å²) in [5, 5.41) is 0. The highest BCUT2D eigenvalue weighted by Crippen LogP contribution is 2.24. The molecular weight excluding hydrogens is 249 g/mol. The molecule has 0 N–H and O–H groups in total. The topological polar surface area (TPSA) is 24.7 Å². The summed E-state index contributed by atoms with van der Waals surface area (Å²) in [7, 11) is 0. The van der Waals surface area contributed by atoms with Gasteiger partial charge in [0.1, 0.15) is 5.84 Å². The Morgan fingerprint density at radius 1 is 1.53 bits per heavy atom. The summed E-state index contributed by atoms with van der Waals surface area (Å²) in [6, 6.07) is 0. The Balaban J connectivity index is 3.08. The van der Waals surface area contributed by atoms with E-state index >= 15 is 0 Å². The number of thiocarbonyl (C=S) groups is 1. The summed E-state index contributed by atoms with van der Waals surface area (Å²) in [5.41, 5.74) is -2.31. The number of aliphatic imine (C=N–C) groups is 2. The molecule has 1 atom stereocenters. The number of hydrogen-bond acceptors (Lipinski definition) is 3. The molecule has 1 aliphatic heterocycles. The number of alkyl halides is 4. The van der Waals surface area contributed by atoms with Gasteiger partial charge in [-0.1, -0.05) is 29.9 Å². The molecule has 0 fully saturated rings. The van der Waals surface area contributed by atoms with Gasteiger partial charge in [-0.3, -0.25) is 0 Å². The van der Waals surface area contributed by atoms with Gasteiger partial charge in [-0.15, -0.1) is 6.58 Å². The molecule has 1 heterocycles. The van der Waals surface area contributed by atoms with Crippen LogP contribution in [0.1, 0.15) is 6.42 Å². The Morgan fingerprint density at radius 3 is 2.60 bits per heavy atom. The third-order valence-electron chi connectivity index (χ3n) is 1.55. The lowest BCUT2D eigenvalue weighted by Gasteiger charge is -2.18. The molecule has 15 heavy (non-hydrogen) atoms. The fraction of sp³-hybridized carbons (Fsp3) is 0.375. The summed E-state index contributed by atoms with van der Waals surface area (Å²) in [5.74, 6) is -0.00840. The van der Waals surface area contributed by atoms with Crippen molar-refractivity contribution in [1.29, 1.82) is 0 Å². The second-order valence-electron chi connectivity index (χ2n) is 2.70. The summed E-state index contributed by atoms with van der Waals surface area (Å²) >= 11 is 10.1. The van der Waals surface area contributed by atoms with Crippen LogP contribution in [0, 0.1) is 0 Å². The third-order valence-corrected chi connectivity index (χ3v) is 2.41. The number of nitrogens with zero attached hydrogens (tertiary/aromatic N) is 2. The fourth-order valence-corrected chi connectivity index (χ4v) is 1.38. The van der Waals surface area contributed by atoms with Crippen LogP contribution in [-0.2, 0) is 0 Å². The van der Waals surface area contributed by atoms with Crippen LogP contribution in [0.5, 0.6) is 0 Å². The van der Waals surface area contributed by atoms with Gasteiger partial charge in [-0.25, -0.2) is 9.98 Å². The molecule has 0 spiro atoms. The first kappa shape index (κ1) is 12.3. The number of halogens is 4. The molecule has 7 heteroatoms. The first-order valence-electron chi connectivity index (χ1n) is 3.88. The van der Waals surface area contributed by atoms with E-state index in [0.29, 0.717) is 0 Å². The maximum absolute atomic E-state index is 12.4. The van der Waals surface area contributed by atoms with Gasteiger partial charge in [0.2, 0.25) is 0 Å². The standard InChI is InChI=1S/C8H6ClF3N2S/c1-2-3-4-13-6(8(10,11)12)5(15)7(9)14-4/h2,7H,1,3H2. The fourth-order valence-electron chi connectivity index (χ4n) is 0.946. The van der Waals surface area contributed by atoms with Crippen molar-refractivity contribution in [3.63, 3.8) is 0 Å². The van der Waals surface area contributed by atoms with Crippen molar-refractivity contribution in [2.24, 2.45) is 9.98 Å². The van der Waals surface area contributed by atoms with Crippen LogP contribution >= 0.6 is 23.8 Å². The second-order valence-corrected chi connectivity index (χ2v) is 3.55. The maximum atomic E-state index is 12.4. The molecule has 82 valence electrons. The van der Waals surface area contributed by atoms with Crippen LogP contribution in [0.15, 0.2) is 22.6 Å². The molecule has 0 aromatic carbocycles. The normalized spacial score (nSPS) is 22.1. The van der Waals surface area contributed by atoms with Crippen LogP contribution in [0.25, 0.3) is 0 Å². The second kappa shape index (κ2) is 4.40. The van der Waals surface area contributed by atoms with Crippen LogP contribution < -0.4 is 0 Å². The van der Waals surface area contributed by atoms with E-state index in [0.717, 1.165) is 0 Å². The average molecular weight is 255 g/mol. The molecule has 0 amide bonds. The molecule has 0 saturated carbocycles. The minimum absolute atomic E-state index is 0.00840. The maximum Gasteiger partial charge on any atom is 0.434 e. The van der Waals surface area contributed by atoms with Crippen molar-refractivity contribution in [2.75, 3.05) is 0 Å². The molecule has 0 saturated heterocycles. The zero-order valence-corrected chi connectivity index (χ0v) is 8.96. The minimum atomic E-state index is -4.59. The molecule has 1 aliphatic rings. The molecule has 0 radical (unpaired) electrons. The zero-order chi connectivity index (χ0) is 11.6. The van der Waals surface area contributed by atoms with Crippen LogP contribution in [0.4, 0.5) is 13.2 Å². The molecule has 0 aromatic rings. The zero-order valence-electron chi connectivity index (χ0n) is 7.38. The van der Waals surface area contributed by atoms with Crippen molar-refractivity contribution >= 4 is 40.2 Å². The van der Waals surface area contributed by atoms with Gasteiger partial charge in [0.25, 0.3) is 0 Å². The highest BCUT2D eigenvalue weighted by atomic mass is 35.5. The Morgan fingerprint density at radius 2 is 2.13 bits per heavy atom. The predicted molar refractivity (Wildman–Crippen MR) is 58.0 cm³/mol. The van der Waals surface area contributed by atoms with E-state index in [2.05, 4.69) is 28.8 Å². The molecule has 1 unspecified atom stereocenters. The van der Waals surface area contributed by atoms with E-state index in [1.807, 2.05) is 0 Å². The highest BCUT2D eigenvalue weighted by Gasteiger charge is 2.42. The van der Waals surface area contributed by atoms with Crippen LogP contribution in [0.2, 0.25) is 0 Å². The van der Waals surface area contributed by atoms with Gasteiger partial charge in [0, 0.05) is 6.42 Å². The smallest absolute Gasteiger partial charge is 0.245 e. The quantitative estimate of drug-likeness (QED) is 0.322. The summed E-state index contributed by atoms with van der Waals surface area (Å²) in [4.78, 5) is 6.53. The third kappa shape index (κ3) is 2.85. The Kier molecular flexibility index (Phi) is 3.62. The van der Waals surface area contributed by atoms with E-state index in [-0.39, 0.29) is 12.3 Å². The van der Waals surface area contributed by atoms with Crippen molar-refractivity contribution in [3.8, 4) is 0 Å². The monoisotopic (exact) mass is 254 g/mol. The van der Waals surface area contributed by atoms with E-state index in [1.165, 1.54) is 6.08 Å². The molecular formula is C8H6ClF3N2S. The average Bonchev–Trinajstić information content (AvgIpc) is 2.09. The molecule has 2 nitrogen and oxygen atoms in total. The first-order valence-corrected chi connectivity index (χ1v) is 4.72.